The number of rotatable bonds is 7. The highest BCUT2D eigenvalue weighted by Crippen LogP contribution is 2.32. The zero-order valence-corrected chi connectivity index (χ0v) is 18.8. The van der Waals surface area contributed by atoms with Gasteiger partial charge in [0.1, 0.15) is 6.54 Å². The van der Waals surface area contributed by atoms with Crippen molar-refractivity contribution in [3.8, 4) is 11.5 Å². The van der Waals surface area contributed by atoms with E-state index in [1.54, 1.807) is 48.5 Å². The van der Waals surface area contributed by atoms with E-state index in [9.17, 15) is 13.2 Å². The lowest BCUT2D eigenvalue weighted by Gasteiger charge is -2.24. The summed E-state index contributed by atoms with van der Waals surface area (Å²) < 4.78 is 38.4. The SMILES string of the molecule is Cc1ccc(S(=O)(=O)N(CC(=O)NCc2ccc3c(c2)OCO3)c2ccc(Cl)cc2)cc1. The Morgan fingerprint density at radius 3 is 2.41 bits per heavy atom. The molecule has 0 bridgehead atoms. The number of benzene rings is 3. The van der Waals surface area contributed by atoms with Gasteiger partial charge in [0.05, 0.1) is 10.6 Å². The number of carbonyl (C=O) groups is 1. The molecule has 0 saturated carbocycles. The summed E-state index contributed by atoms with van der Waals surface area (Å²) in [5.41, 5.74) is 2.08. The van der Waals surface area contributed by atoms with E-state index in [0.717, 1.165) is 15.4 Å². The second kappa shape index (κ2) is 9.10. The van der Waals surface area contributed by atoms with Crippen LogP contribution in [0.15, 0.2) is 71.6 Å². The molecule has 1 aliphatic rings. The van der Waals surface area contributed by atoms with Gasteiger partial charge in [0.2, 0.25) is 12.7 Å². The number of anilines is 1. The molecular formula is C23H21ClN2O5S. The zero-order chi connectivity index (χ0) is 22.7. The Hall–Kier alpha value is -3.23. The molecule has 3 aromatic rings. The Morgan fingerprint density at radius 2 is 1.69 bits per heavy atom. The van der Waals surface area contributed by atoms with Crippen LogP contribution in [0.1, 0.15) is 11.1 Å². The van der Waals surface area contributed by atoms with Gasteiger partial charge in [-0.1, -0.05) is 35.4 Å². The average Bonchev–Trinajstić information content (AvgIpc) is 3.25. The molecule has 0 saturated heterocycles. The average molecular weight is 473 g/mol. The fourth-order valence-electron chi connectivity index (χ4n) is 3.20. The monoisotopic (exact) mass is 472 g/mol. The molecule has 4 rings (SSSR count). The van der Waals surface area contributed by atoms with Gasteiger partial charge in [-0.25, -0.2) is 8.42 Å². The summed E-state index contributed by atoms with van der Waals surface area (Å²) in [6, 6.07) is 18.1. The van der Waals surface area contributed by atoms with Gasteiger partial charge in [-0.15, -0.1) is 0 Å². The second-order valence-electron chi connectivity index (χ2n) is 7.27. The fraction of sp³-hybridized carbons (Fsp3) is 0.174. The molecule has 9 heteroatoms. The smallest absolute Gasteiger partial charge is 0.264 e. The van der Waals surface area contributed by atoms with E-state index in [1.165, 1.54) is 12.1 Å². The third kappa shape index (κ3) is 4.81. The van der Waals surface area contributed by atoms with Crippen LogP contribution in [0.2, 0.25) is 5.02 Å². The van der Waals surface area contributed by atoms with E-state index in [4.69, 9.17) is 21.1 Å². The van der Waals surface area contributed by atoms with Crippen molar-refractivity contribution in [2.75, 3.05) is 17.6 Å². The maximum absolute atomic E-state index is 13.3. The van der Waals surface area contributed by atoms with Crippen LogP contribution in [-0.2, 0) is 21.4 Å². The molecule has 1 heterocycles. The number of aryl methyl sites for hydroxylation is 1. The number of fused-ring (bicyclic) bond motifs is 1. The normalized spacial score (nSPS) is 12.4. The minimum absolute atomic E-state index is 0.0987. The minimum atomic E-state index is -3.98. The molecule has 0 radical (unpaired) electrons. The number of sulfonamides is 1. The van der Waals surface area contributed by atoms with E-state index in [2.05, 4.69) is 5.32 Å². The molecule has 1 amide bonds. The number of ether oxygens (including phenoxy) is 2. The summed E-state index contributed by atoms with van der Waals surface area (Å²) in [5.74, 6) is 0.813. The van der Waals surface area contributed by atoms with Crippen molar-refractivity contribution < 1.29 is 22.7 Å². The van der Waals surface area contributed by atoms with Crippen LogP contribution in [0.3, 0.4) is 0 Å². The van der Waals surface area contributed by atoms with Crippen LogP contribution < -0.4 is 19.1 Å². The number of hydrogen-bond acceptors (Lipinski definition) is 5. The Kier molecular flexibility index (Phi) is 6.25. The van der Waals surface area contributed by atoms with Gasteiger partial charge in [0.25, 0.3) is 10.0 Å². The Balaban J connectivity index is 1.54. The summed E-state index contributed by atoms with van der Waals surface area (Å²) >= 11 is 5.96. The van der Waals surface area contributed by atoms with Gasteiger partial charge < -0.3 is 14.8 Å². The van der Waals surface area contributed by atoms with Gasteiger partial charge in [-0.3, -0.25) is 9.10 Å². The van der Waals surface area contributed by atoms with Crippen LogP contribution >= 0.6 is 11.6 Å². The van der Waals surface area contributed by atoms with Crippen molar-refractivity contribution in [1.82, 2.24) is 5.32 Å². The predicted octanol–water partition coefficient (Wildman–Crippen LogP) is 3.89. The fourth-order valence-corrected chi connectivity index (χ4v) is 4.74. The molecule has 0 unspecified atom stereocenters. The van der Waals surface area contributed by atoms with Crippen molar-refractivity contribution in [2.24, 2.45) is 0 Å². The van der Waals surface area contributed by atoms with Crippen LogP contribution in [-0.4, -0.2) is 27.7 Å². The van der Waals surface area contributed by atoms with E-state index < -0.39 is 15.9 Å². The molecule has 0 atom stereocenters. The molecule has 0 spiro atoms. The molecule has 0 aliphatic carbocycles. The molecule has 1 aliphatic heterocycles. The molecular weight excluding hydrogens is 452 g/mol. The maximum atomic E-state index is 13.3. The van der Waals surface area contributed by atoms with Gasteiger partial charge in [0.15, 0.2) is 11.5 Å². The predicted molar refractivity (Wildman–Crippen MR) is 122 cm³/mol. The standard InChI is InChI=1S/C23H21ClN2O5S/c1-16-2-9-20(10-3-16)32(28,29)26(19-7-5-18(24)6-8-19)14-23(27)25-13-17-4-11-21-22(12-17)31-15-30-21/h2-12H,13-15H2,1H3,(H,25,27). The highest BCUT2D eigenvalue weighted by atomic mass is 35.5. The first-order chi connectivity index (χ1) is 15.3. The van der Waals surface area contributed by atoms with Gasteiger partial charge in [0, 0.05) is 11.6 Å². The van der Waals surface area contributed by atoms with Crippen molar-refractivity contribution in [3.05, 3.63) is 82.9 Å². The number of amides is 1. The third-order valence-electron chi connectivity index (χ3n) is 4.94. The topological polar surface area (TPSA) is 84.9 Å². The van der Waals surface area contributed by atoms with E-state index in [-0.39, 0.29) is 24.8 Å². The highest BCUT2D eigenvalue weighted by Gasteiger charge is 2.27. The van der Waals surface area contributed by atoms with E-state index >= 15 is 0 Å². The molecule has 166 valence electrons. The van der Waals surface area contributed by atoms with E-state index in [0.29, 0.717) is 22.2 Å². The summed E-state index contributed by atoms with van der Waals surface area (Å²) in [6.45, 7) is 1.87. The zero-order valence-electron chi connectivity index (χ0n) is 17.2. The summed E-state index contributed by atoms with van der Waals surface area (Å²) in [5, 5.41) is 3.23. The molecule has 1 N–H and O–H groups in total. The lowest BCUT2D eigenvalue weighted by atomic mass is 10.2. The summed E-state index contributed by atoms with van der Waals surface area (Å²) in [4.78, 5) is 12.8. The highest BCUT2D eigenvalue weighted by molar-refractivity contribution is 7.92. The largest absolute Gasteiger partial charge is 0.454 e. The molecule has 32 heavy (non-hydrogen) atoms. The minimum Gasteiger partial charge on any atom is -0.454 e. The lowest BCUT2D eigenvalue weighted by Crippen LogP contribution is -2.40. The van der Waals surface area contributed by atoms with Gasteiger partial charge >= 0.3 is 0 Å². The number of hydrogen-bond donors (Lipinski definition) is 1. The molecule has 0 aromatic heterocycles. The Morgan fingerprint density at radius 1 is 1.00 bits per heavy atom. The van der Waals surface area contributed by atoms with E-state index in [1.807, 2.05) is 13.0 Å². The van der Waals surface area contributed by atoms with Crippen molar-refractivity contribution in [3.63, 3.8) is 0 Å². The first-order valence-corrected chi connectivity index (χ1v) is 11.6. The Bertz CT molecular complexity index is 1230. The number of halogens is 1. The van der Waals surface area contributed by atoms with Crippen molar-refractivity contribution in [2.45, 2.75) is 18.4 Å². The van der Waals surface area contributed by atoms with Crippen molar-refractivity contribution in [1.29, 1.82) is 0 Å². The summed E-state index contributed by atoms with van der Waals surface area (Å²) in [7, 11) is -3.98. The van der Waals surface area contributed by atoms with Crippen LogP contribution in [0.25, 0.3) is 0 Å². The maximum Gasteiger partial charge on any atom is 0.264 e. The number of nitrogens with zero attached hydrogens (tertiary/aromatic N) is 1. The van der Waals surface area contributed by atoms with Crippen LogP contribution in [0, 0.1) is 6.92 Å². The third-order valence-corrected chi connectivity index (χ3v) is 6.98. The molecule has 0 fully saturated rings. The quantitative estimate of drug-likeness (QED) is 0.564. The first kappa shape index (κ1) is 22.0. The molecule has 3 aromatic carbocycles. The van der Waals surface area contributed by atoms with Crippen molar-refractivity contribution >= 4 is 33.2 Å². The number of carbonyl (C=O) groups excluding carboxylic acids is 1. The number of nitrogens with one attached hydrogen (secondary N) is 1. The summed E-state index contributed by atoms with van der Waals surface area (Å²) in [6.07, 6.45) is 0. The Labute approximate surface area is 191 Å². The molecule has 7 nitrogen and oxygen atoms in total. The van der Waals surface area contributed by atoms with Gasteiger partial charge in [-0.2, -0.15) is 0 Å². The first-order valence-electron chi connectivity index (χ1n) is 9.83. The van der Waals surface area contributed by atoms with Crippen LogP contribution in [0.5, 0.6) is 11.5 Å². The van der Waals surface area contributed by atoms with Crippen LogP contribution in [0.4, 0.5) is 5.69 Å². The van der Waals surface area contributed by atoms with Gasteiger partial charge in [-0.05, 0) is 61.0 Å². The second-order valence-corrected chi connectivity index (χ2v) is 9.56. The lowest BCUT2D eigenvalue weighted by molar-refractivity contribution is -0.119.